The lowest BCUT2D eigenvalue weighted by atomic mass is 10.00. The Bertz CT molecular complexity index is 478. The Morgan fingerprint density at radius 2 is 1.63 bits per heavy atom. The van der Waals surface area contributed by atoms with Gasteiger partial charge in [-0.1, -0.05) is 42.5 Å². The second kappa shape index (κ2) is 6.95. The fraction of sp³-hybridized carbons (Fsp3) is 0.294. The maximum atomic E-state index is 6.18. The third-order valence-corrected chi connectivity index (χ3v) is 3.30. The van der Waals surface area contributed by atoms with E-state index in [2.05, 4.69) is 36.4 Å². The van der Waals surface area contributed by atoms with E-state index >= 15 is 0 Å². The van der Waals surface area contributed by atoms with Crippen molar-refractivity contribution < 1.29 is 4.74 Å². The molecule has 2 nitrogen and oxygen atoms in total. The molecule has 1 unspecified atom stereocenters. The van der Waals surface area contributed by atoms with Crippen molar-refractivity contribution in [3.63, 3.8) is 0 Å². The van der Waals surface area contributed by atoms with E-state index in [0.29, 0.717) is 0 Å². The van der Waals surface area contributed by atoms with Crippen molar-refractivity contribution in [3.05, 3.63) is 65.7 Å². The normalized spacial score (nSPS) is 12.1. The number of nitrogens with two attached hydrogens (primary N) is 1. The Labute approximate surface area is 115 Å². The maximum Gasteiger partial charge on any atom is 0.118 e. The summed E-state index contributed by atoms with van der Waals surface area (Å²) in [5.74, 6) is 0.900. The van der Waals surface area contributed by atoms with Gasteiger partial charge in [-0.3, -0.25) is 0 Å². The molecule has 2 aromatic carbocycles. The molecular formula is C17H21NO. The summed E-state index contributed by atoms with van der Waals surface area (Å²) in [5.41, 5.74) is 8.80. The molecule has 0 radical (unpaired) electrons. The predicted octanol–water partition coefficient (Wildman–Crippen LogP) is 3.20. The summed E-state index contributed by atoms with van der Waals surface area (Å²) in [6, 6.07) is 18.8. The first kappa shape index (κ1) is 13.6. The average molecular weight is 255 g/mol. The van der Waals surface area contributed by atoms with Crippen LogP contribution in [0.5, 0.6) is 5.75 Å². The Hall–Kier alpha value is -1.80. The number of aryl methyl sites for hydroxylation is 1. The van der Waals surface area contributed by atoms with E-state index in [1.54, 1.807) is 7.11 Å². The Morgan fingerprint density at radius 1 is 0.947 bits per heavy atom. The molecule has 0 saturated carbocycles. The zero-order chi connectivity index (χ0) is 13.5. The van der Waals surface area contributed by atoms with Crippen LogP contribution >= 0.6 is 0 Å². The first-order valence-electron chi connectivity index (χ1n) is 6.70. The summed E-state index contributed by atoms with van der Waals surface area (Å²) in [6.45, 7) is 0. The molecule has 0 bridgehead atoms. The van der Waals surface area contributed by atoms with Gasteiger partial charge in [0.15, 0.2) is 0 Å². The fourth-order valence-electron chi connectivity index (χ4n) is 2.16. The van der Waals surface area contributed by atoms with Gasteiger partial charge in [-0.2, -0.15) is 0 Å². The summed E-state index contributed by atoms with van der Waals surface area (Å²) in [4.78, 5) is 0. The standard InChI is InChI=1S/C17H21NO/c1-19-17-11-8-14(9-12-17)7-10-16(18)13-15-5-3-2-4-6-15/h2-6,8-9,11-12,16H,7,10,13,18H2,1H3. The van der Waals surface area contributed by atoms with E-state index < -0.39 is 0 Å². The Morgan fingerprint density at radius 3 is 2.26 bits per heavy atom. The van der Waals surface area contributed by atoms with Crippen LogP contribution in [-0.4, -0.2) is 13.2 Å². The third-order valence-electron chi connectivity index (χ3n) is 3.30. The highest BCUT2D eigenvalue weighted by atomic mass is 16.5. The van der Waals surface area contributed by atoms with Crippen LogP contribution in [0.15, 0.2) is 54.6 Å². The topological polar surface area (TPSA) is 35.2 Å². The van der Waals surface area contributed by atoms with Crippen LogP contribution in [0.3, 0.4) is 0 Å². The fourth-order valence-corrected chi connectivity index (χ4v) is 2.16. The lowest BCUT2D eigenvalue weighted by Gasteiger charge is -2.11. The summed E-state index contributed by atoms with van der Waals surface area (Å²) in [6.07, 6.45) is 2.95. The molecular weight excluding hydrogens is 234 g/mol. The molecule has 0 aliphatic heterocycles. The highest BCUT2D eigenvalue weighted by molar-refractivity contribution is 5.27. The molecule has 1 atom stereocenters. The molecule has 0 aromatic heterocycles. The molecule has 2 aromatic rings. The molecule has 0 heterocycles. The number of hydrogen-bond acceptors (Lipinski definition) is 2. The summed E-state index contributed by atoms with van der Waals surface area (Å²) < 4.78 is 5.15. The highest BCUT2D eigenvalue weighted by Crippen LogP contribution is 2.14. The summed E-state index contributed by atoms with van der Waals surface area (Å²) in [5, 5.41) is 0. The second-order valence-corrected chi connectivity index (χ2v) is 4.84. The van der Waals surface area contributed by atoms with Crippen LogP contribution in [0.2, 0.25) is 0 Å². The molecule has 0 amide bonds. The molecule has 19 heavy (non-hydrogen) atoms. The molecule has 2 heteroatoms. The molecule has 2 rings (SSSR count). The molecule has 0 saturated heterocycles. The van der Waals surface area contributed by atoms with Gasteiger partial charge < -0.3 is 10.5 Å². The first-order valence-corrected chi connectivity index (χ1v) is 6.70. The predicted molar refractivity (Wildman–Crippen MR) is 79.4 cm³/mol. The van der Waals surface area contributed by atoms with Gasteiger partial charge in [0.1, 0.15) is 5.75 Å². The van der Waals surface area contributed by atoms with Crippen LogP contribution in [0, 0.1) is 0 Å². The third kappa shape index (κ3) is 4.42. The first-order chi connectivity index (χ1) is 9.28. The SMILES string of the molecule is COc1ccc(CCC(N)Cc2ccccc2)cc1. The van der Waals surface area contributed by atoms with Crippen molar-refractivity contribution in [1.82, 2.24) is 0 Å². The number of benzene rings is 2. The molecule has 0 spiro atoms. The van der Waals surface area contributed by atoms with Crippen LogP contribution < -0.4 is 10.5 Å². The van der Waals surface area contributed by atoms with Crippen molar-refractivity contribution in [1.29, 1.82) is 0 Å². The van der Waals surface area contributed by atoms with Crippen molar-refractivity contribution in [2.24, 2.45) is 5.73 Å². The Kier molecular flexibility index (Phi) is 4.99. The van der Waals surface area contributed by atoms with Crippen molar-refractivity contribution in [3.8, 4) is 5.75 Å². The van der Waals surface area contributed by atoms with Gasteiger partial charge in [-0.25, -0.2) is 0 Å². The zero-order valence-electron chi connectivity index (χ0n) is 11.4. The van der Waals surface area contributed by atoms with Gasteiger partial charge >= 0.3 is 0 Å². The van der Waals surface area contributed by atoms with Crippen molar-refractivity contribution in [2.75, 3.05) is 7.11 Å². The van der Waals surface area contributed by atoms with E-state index in [0.717, 1.165) is 25.0 Å². The largest absolute Gasteiger partial charge is 0.497 e. The molecule has 0 aliphatic carbocycles. The van der Waals surface area contributed by atoms with Crippen molar-refractivity contribution in [2.45, 2.75) is 25.3 Å². The summed E-state index contributed by atoms with van der Waals surface area (Å²) in [7, 11) is 1.69. The highest BCUT2D eigenvalue weighted by Gasteiger charge is 2.04. The average Bonchev–Trinajstić information content (AvgIpc) is 2.47. The van der Waals surface area contributed by atoms with Crippen molar-refractivity contribution >= 4 is 0 Å². The monoisotopic (exact) mass is 255 g/mol. The number of ether oxygens (including phenoxy) is 1. The van der Waals surface area contributed by atoms with Gasteiger partial charge in [0.2, 0.25) is 0 Å². The lowest BCUT2D eigenvalue weighted by molar-refractivity contribution is 0.414. The van der Waals surface area contributed by atoms with Gasteiger partial charge in [0.05, 0.1) is 7.11 Å². The van der Waals surface area contributed by atoms with E-state index in [4.69, 9.17) is 10.5 Å². The Balaban J connectivity index is 1.81. The second-order valence-electron chi connectivity index (χ2n) is 4.84. The van der Waals surface area contributed by atoms with Crippen LogP contribution in [0.1, 0.15) is 17.5 Å². The van der Waals surface area contributed by atoms with E-state index in [1.165, 1.54) is 11.1 Å². The van der Waals surface area contributed by atoms with Gasteiger partial charge in [-0.15, -0.1) is 0 Å². The molecule has 100 valence electrons. The van der Waals surface area contributed by atoms with E-state index in [-0.39, 0.29) is 6.04 Å². The minimum Gasteiger partial charge on any atom is -0.497 e. The maximum absolute atomic E-state index is 6.18. The van der Waals surface area contributed by atoms with Crippen LogP contribution in [0.25, 0.3) is 0 Å². The molecule has 0 fully saturated rings. The van der Waals surface area contributed by atoms with Gasteiger partial charge in [0.25, 0.3) is 0 Å². The van der Waals surface area contributed by atoms with E-state index in [1.807, 2.05) is 18.2 Å². The van der Waals surface area contributed by atoms with Gasteiger partial charge in [-0.05, 0) is 42.5 Å². The van der Waals surface area contributed by atoms with Crippen LogP contribution in [0.4, 0.5) is 0 Å². The lowest BCUT2D eigenvalue weighted by Crippen LogP contribution is -2.23. The quantitative estimate of drug-likeness (QED) is 0.860. The zero-order valence-corrected chi connectivity index (χ0v) is 11.4. The molecule has 2 N–H and O–H groups in total. The minimum absolute atomic E-state index is 0.213. The molecule has 0 aliphatic rings. The number of hydrogen-bond donors (Lipinski definition) is 1. The number of rotatable bonds is 6. The van der Waals surface area contributed by atoms with Crippen LogP contribution in [-0.2, 0) is 12.8 Å². The van der Waals surface area contributed by atoms with Gasteiger partial charge in [0, 0.05) is 6.04 Å². The summed E-state index contributed by atoms with van der Waals surface area (Å²) >= 11 is 0. The minimum atomic E-state index is 0.213. The van der Waals surface area contributed by atoms with E-state index in [9.17, 15) is 0 Å². The number of methoxy groups -OCH3 is 1. The smallest absolute Gasteiger partial charge is 0.118 e.